The highest BCUT2D eigenvalue weighted by Crippen LogP contribution is 2.45. The van der Waals surface area contributed by atoms with Gasteiger partial charge in [0.05, 0.1) is 59.9 Å². The highest BCUT2D eigenvalue weighted by Gasteiger charge is 2.35. The maximum atomic E-state index is 6.50. The molecular formula is C76H88Cl3N15. The molecule has 3 fully saturated rings. The average molecular weight is 1320 g/mol. The van der Waals surface area contributed by atoms with E-state index in [9.17, 15) is 0 Å². The fourth-order valence-electron chi connectivity index (χ4n) is 14.2. The molecule has 18 heteroatoms. The summed E-state index contributed by atoms with van der Waals surface area (Å²) in [5, 5.41) is 12.8. The van der Waals surface area contributed by atoms with Crippen molar-refractivity contribution in [3.63, 3.8) is 0 Å². The van der Waals surface area contributed by atoms with Crippen LogP contribution in [-0.2, 0) is 19.6 Å². The minimum Gasteiger partial charge on any atom is -0.337 e. The summed E-state index contributed by atoms with van der Waals surface area (Å²) in [6.45, 7) is 23.1. The second-order valence-electron chi connectivity index (χ2n) is 24.8. The third kappa shape index (κ3) is 15.9. The van der Waals surface area contributed by atoms with Crippen LogP contribution in [0.5, 0.6) is 0 Å². The summed E-state index contributed by atoms with van der Waals surface area (Å²) in [4.78, 5) is 35.0. The Morgan fingerprint density at radius 3 is 1.21 bits per heavy atom. The van der Waals surface area contributed by atoms with E-state index in [1.54, 1.807) is 0 Å². The number of rotatable bonds is 15. The number of imidazole rings is 3. The van der Waals surface area contributed by atoms with Gasteiger partial charge < -0.3 is 29.7 Å². The van der Waals surface area contributed by atoms with E-state index in [1.165, 1.54) is 72.5 Å². The summed E-state index contributed by atoms with van der Waals surface area (Å²) in [5.74, 6) is 0. The van der Waals surface area contributed by atoms with Crippen LogP contribution in [0.25, 0.3) is 34.9 Å². The van der Waals surface area contributed by atoms with E-state index in [4.69, 9.17) is 49.8 Å². The van der Waals surface area contributed by atoms with Gasteiger partial charge in [-0.05, 0) is 192 Å². The zero-order valence-corrected chi connectivity index (χ0v) is 57.0. The highest BCUT2D eigenvalue weighted by molar-refractivity contribution is 6.31. The maximum absolute atomic E-state index is 6.50. The molecule has 0 radical (unpaired) electrons. The first kappa shape index (κ1) is 66.6. The van der Waals surface area contributed by atoms with Gasteiger partial charge in [0.1, 0.15) is 0 Å². The molecule has 3 aromatic carbocycles. The van der Waals surface area contributed by atoms with Crippen LogP contribution < -0.4 is 16.0 Å². The summed E-state index contributed by atoms with van der Waals surface area (Å²) in [6, 6.07) is 32.3. The molecular weight excluding hydrogens is 1230 g/mol. The summed E-state index contributed by atoms with van der Waals surface area (Å²) in [5.41, 5.74) is 21.1. The van der Waals surface area contributed by atoms with Gasteiger partial charge in [-0.25, -0.2) is 15.0 Å². The van der Waals surface area contributed by atoms with E-state index in [1.807, 2.05) is 113 Å². The van der Waals surface area contributed by atoms with E-state index in [0.717, 1.165) is 175 Å². The number of halogens is 3. The number of hydrogen-bond acceptors (Lipinski definition) is 12. The summed E-state index contributed by atoms with van der Waals surface area (Å²) in [6.07, 6.45) is 32.4. The lowest BCUT2D eigenvalue weighted by Crippen LogP contribution is -2.45. The van der Waals surface area contributed by atoms with Crippen LogP contribution in [0.2, 0.25) is 15.1 Å². The normalized spacial score (nSPS) is 18.5. The van der Waals surface area contributed by atoms with Crippen molar-refractivity contribution in [2.75, 3.05) is 78.5 Å². The Balaban J connectivity index is 0.000000134. The van der Waals surface area contributed by atoms with Crippen LogP contribution >= 0.6 is 34.8 Å². The van der Waals surface area contributed by atoms with Crippen molar-refractivity contribution in [2.45, 2.75) is 104 Å². The van der Waals surface area contributed by atoms with Crippen LogP contribution in [0.1, 0.15) is 149 Å². The molecule has 0 amide bonds. The van der Waals surface area contributed by atoms with Crippen molar-refractivity contribution in [3.05, 3.63) is 247 Å². The first-order valence-electron chi connectivity index (χ1n) is 33.8. The number of piperazine rings is 3. The predicted octanol–water partition coefficient (Wildman–Crippen LogP) is 14.4. The smallest absolute Gasteiger partial charge is 0.0949 e. The molecule has 3 unspecified atom stereocenters. The molecule has 3 aliphatic heterocycles. The van der Waals surface area contributed by atoms with E-state index in [0.29, 0.717) is 0 Å². The SMILES string of the molecule is CC.Cc1cn(CCCC2=Cc3cccnc3C(N3CCNCC3)c3ccc(Cl)cc32)cn1.Cc1cncn1CCCC1=Cc2cccnc2C(N2CCNCC2)c2ccc(Cl)cc21.Clc1ccc2c(c1)C(CCCn1ccnc1)=Cc1cccnc1C2N1CCNCC1. The van der Waals surface area contributed by atoms with Crippen LogP contribution in [0.4, 0.5) is 0 Å². The van der Waals surface area contributed by atoms with E-state index >= 15 is 0 Å². The third-order valence-electron chi connectivity index (χ3n) is 18.7. The highest BCUT2D eigenvalue weighted by atomic mass is 35.5. The molecule has 6 aromatic heterocycles. The van der Waals surface area contributed by atoms with Crippen molar-refractivity contribution in [3.8, 4) is 0 Å². The van der Waals surface area contributed by atoms with Gasteiger partial charge in [0, 0.05) is 162 Å². The number of nitrogens with one attached hydrogen (secondary N) is 3. The van der Waals surface area contributed by atoms with Crippen LogP contribution in [0, 0.1) is 13.8 Å². The molecule has 9 aromatic rings. The number of pyridine rings is 3. The quantitative estimate of drug-likeness (QED) is 0.0901. The topological polar surface area (TPSA) is 138 Å². The van der Waals surface area contributed by atoms with Crippen LogP contribution in [-0.4, -0.2) is 137 Å². The fourth-order valence-corrected chi connectivity index (χ4v) is 14.8. The number of allylic oxidation sites excluding steroid dienone is 3. The van der Waals surface area contributed by atoms with Gasteiger partial charge in [-0.2, -0.15) is 0 Å². The average Bonchev–Trinajstić information content (AvgIpc) is 1.59. The summed E-state index contributed by atoms with van der Waals surface area (Å²) >= 11 is 19.5. The predicted molar refractivity (Wildman–Crippen MR) is 385 cm³/mol. The minimum atomic E-state index is 0.148. The van der Waals surface area contributed by atoms with Gasteiger partial charge in [-0.15, -0.1) is 0 Å². The van der Waals surface area contributed by atoms with E-state index in [2.05, 4.69) is 145 Å². The zero-order chi connectivity index (χ0) is 64.8. The monoisotopic (exact) mass is 1320 g/mol. The van der Waals surface area contributed by atoms with Crippen molar-refractivity contribution in [1.29, 1.82) is 0 Å². The van der Waals surface area contributed by atoms with E-state index < -0.39 is 0 Å². The Kier molecular flexibility index (Phi) is 22.9. The van der Waals surface area contributed by atoms with Gasteiger partial charge in [-0.1, -0.05) is 85.0 Å². The van der Waals surface area contributed by atoms with Crippen molar-refractivity contribution in [2.24, 2.45) is 0 Å². The van der Waals surface area contributed by atoms with Crippen LogP contribution in [0.15, 0.2) is 153 Å². The second-order valence-corrected chi connectivity index (χ2v) is 26.1. The molecule has 15 rings (SSSR count). The summed E-state index contributed by atoms with van der Waals surface area (Å²) in [7, 11) is 0. The zero-order valence-electron chi connectivity index (χ0n) is 54.7. The molecule has 488 valence electrons. The van der Waals surface area contributed by atoms with Crippen molar-refractivity contribution >= 4 is 69.8 Å². The van der Waals surface area contributed by atoms with Gasteiger partial charge >= 0.3 is 0 Å². The van der Waals surface area contributed by atoms with Gasteiger partial charge in [0.25, 0.3) is 0 Å². The lowest BCUT2D eigenvalue weighted by atomic mass is 9.92. The van der Waals surface area contributed by atoms with Crippen molar-refractivity contribution < 1.29 is 0 Å². The minimum absolute atomic E-state index is 0.148. The molecule has 0 bridgehead atoms. The lowest BCUT2D eigenvalue weighted by Gasteiger charge is -2.35. The van der Waals surface area contributed by atoms with Crippen LogP contribution in [0.3, 0.4) is 0 Å². The Morgan fingerprint density at radius 2 is 0.851 bits per heavy atom. The Bertz CT molecular complexity index is 4060. The molecule has 15 nitrogen and oxygen atoms in total. The third-order valence-corrected chi connectivity index (χ3v) is 19.4. The molecule has 0 saturated carbocycles. The Labute approximate surface area is 570 Å². The largest absolute Gasteiger partial charge is 0.337 e. The number of aryl methyl sites for hydroxylation is 5. The molecule has 3 aliphatic carbocycles. The summed E-state index contributed by atoms with van der Waals surface area (Å²) < 4.78 is 6.52. The molecule has 3 N–H and O–H groups in total. The fraction of sp³-hybridized carbons (Fsp3) is 0.368. The molecule has 6 aliphatic rings. The molecule has 3 saturated heterocycles. The number of benzene rings is 3. The number of aromatic nitrogens is 9. The number of fused-ring (bicyclic) bond motifs is 6. The molecule has 0 spiro atoms. The lowest BCUT2D eigenvalue weighted by molar-refractivity contribution is 0.195. The van der Waals surface area contributed by atoms with Crippen molar-refractivity contribution in [1.82, 2.24) is 74.3 Å². The first-order chi connectivity index (χ1) is 46.2. The van der Waals surface area contributed by atoms with Gasteiger partial charge in [0.2, 0.25) is 0 Å². The standard InChI is InChI=1S/2C25H28ClN5.C24H26ClN5.C2H6/c1-18-16-28-17-31(18)11-3-5-19-14-20-4-2-8-29-24(20)25(30-12-9-27-10-13-30)22-7-6-21(26)15-23(19)22;1-18-16-30(17-29-18)11-3-5-19-14-20-4-2-8-28-24(20)25(31-12-9-27-10-13-31)22-7-6-21(26)15-23(19)22;25-20-5-6-21-22(16-20)18(4-2-11-29-12-8-27-17-29)15-19-3-1-7-28-23(19)24(21)30-13-9-26-10-14-30;1-2/h2*2,4,6-8,14-17,25,27H,3,5,9-13H2,1H3;1,3,5-8,12,15-17,24,26H,2,4,9-11,13-14H2;1-2H3. The first-order valence-corrected chi connectivity index (χ1v) is 34.9. The molecule has 9 heterocycles. The van der Waals surface area contributed by atoms with E-state index in [-0.39, 0.29) is 18.1 Å². The number of hydrogen-bond donors (Lipinski definition) is 3. The maximum Gasteiger partial charge on any atom is 0.0949 e. The second kappa shape index (κ2) is 32.4. The van der Waals surface area contributed by atoms with Gasteiger partial charge in [0.15, 0.2) is 0 Å². The Morgan fingerprint density at radius 1 is 0.447 bits per heavy atom. The molecule has 3 atom stereocenters. The molecule has 94 heavy (non-hydrogen) atoms. The number of nitrogens with zero attached hydrogens (tertiary/aromatic N) is 12. The van der Waals surface area contributed by atoms with Gasteiger partial charge in [-0.3, -0.25) is 29.7 Å². The Hall–Kier alpha value is -7.41.